The van der Waals surface area contributed by atoms with E-state index in [4.69, 9.17) is 15.9 Å². The third-order valence-corrected chi connectivity index (χ3v) is 3.13. The van der Waals surface area contributed by atoms with Crippen LogP contribution >= 0.6 is 0 Å². The van der Waals surface area contributed by atoms with Crippen molar-refractivity contribution < 1.29 is 4.74 Å². The minimum absolute atomic E-state index is 0.00123. The smallest absolute Gasteiger partial charge is 0.224 e. The van der Waals surface area contributed by atoms with Crippen LogP contribution in [0.3, 0.4) is 0 Å². The largest absolute Gasteiger partial charge is 0.476 e. The van der Waals surface area contributed by atoms with E-state index in [1.54, 1.807) is 6.07 Å². The zero-order valence-electron chi connectivity index (χ0n) is 10.8. The van der Waals surface area contributed by atoms with Crippen molar-refractivity contribution in [1.82, 2.24) is 9.88 Å². The summed E-state index contributed by atoms with van der Waals surface area (Å²) in [6, 6.07) is 3.62. The number of nitrogens with one attached hydrogen (secondary N) is 1. The number of likely N-dealkylation sites (tertiary alicyclic amines) is 1. The second-order valence-corrected chi connectivity index (χ2v) is 4.62. The molecule has 3 N–H and O–H groups in total. The van der Waals surface area contributed by atoms with Crippen molar-refractivity contribution in [2.75, 3.05) is 26.2 Å². The Labute approximate surface area is 107 Å². The van der Waals surface area contributed by atoms with E-state index in [1.165, 1.54) is 12.8 Å². The molecule has 0 radical (unpaired) electrons. The molecule has 0 saturated carbocycles. The number of nitrogen functional groups attached to an aromatic ring is 1. The monoisotopic (exact) mass is 248 g/mol. The standard InChI is InChI=1S/C13H20N4O/c1-10-4-5-11(12(14)15)13(16-10)18-9-8-17-6-2-3-7-17/h4-5H,2-3,6-9H2,1H3,(H3,14,15). The Hall–Kier alpha value is -1.62. The SMILES string of the molecule is Cc1ccc(C(=N)N)c(OCCN2CCCC2)n1. The minimum Gasteiger partial charge on any atom is -0.476 e. The van der Waals surface area contributed by atoms with Gasteiger partial charge in [0.1, 0.15) is 12.4 Å². The molecule has 18 heavy (non-hydrogen) atoms. The Kier molecular flexibility index (Phi) is 4.15. The molecule has 1 aliphatic heterocycles. The number of hydrogen-bond acceptors (Lipinski definition) is 4. The number of nitrogens with two attached hydrogens (primary N) is 1. The first-order chi connectivity index (χ1) is 8.66. The Bertz CT molecular complexity index is 427. The van der Waals surface area contributed by atoms with Gasteiger partial charge in [0.25, 0.3) is 0 Å². The molecule has 0 spiro atoms. The Morgan fingerprint density at radius 3 is 2.83 bits per heavy atom. The predicted molar refractivity (Wildman–Crippen MR) is 71.2 cm³/mol. The van der Waals surface area contributed by atoms with Crippen LogP contribution in [0.2, 0.25) is 0 Å². The lowest BCUT2D eigenvalue weighted by Gasteiger charge is -2.15. The van der Waals surface area contributed by atoms with E-state index >= 15 is 0 Å². The first-order valence-corrected chi connectivity index (χ1v) is 6.34. The van der Waals surface area contributed by atoms with Gasteiger partial charge in [-0.1, -0.05) is 0 Å². The molecule has 2 heterocycles. The average molecular weight is 248 g/mol. The minimum atomic E-state index is -0.00123. The third-order valence-electron chi connectivity index (χ3n) is 3.13. The number of hydrogen-bond donors (Lipinski definition) is 2. The lowest BCUT2D eigenvalue weighted by atomic mass is 10.2. The van der Waals surface area contributed by atoms with E-state index in [0.717, 1.165) is 25.3 Å². The van der Waals surface area contributed by atoms with Crippen LogP contribution < -0.4 is 10.5 Å². The van der Waals surface area contributed by atoms with Crippen LogP contribution in [0, 0.1) is 12.3 Å². The van der Waals surface area contributed by atoms with Gasteiger partial charge in [0, 0.05) is 12.2 Å². The number of aryl methyl sites for hydroxylation is 1. The summed E-state index contributed by atoms with van der Waals surface area (Å²) >= 11 is 0. The lowest BCUT2D eigenvalue weighted by Crippen LogP contribution is -2.26. The fraction of sp³-hybridized carbons (Fsp3) is 0.538. The average Bonchev–Trinajstić information content (AvgIpc) is 2.82. The van der Waals surface area contributed by atoms with Gasteiger partial charge in [-0.25, -0.2) is 4.98 Å². The van der Waals surface area contributed by atoms with Crippen molar-refractivity contribution in [3.8, 4) is 5.88 Å². The van der Waals surface area contributed by atoms with Gasteiger partial charge >= 0.3 is 0 Å². The van der Waals surface area contributed by atoms with Gasteiger partial charge < -0.3 is 10.5 Å². The molecular weight excluding hydrogens is 228 g/mol. The lowest BCUT2D eigenvalue weighted by molar-refractivity contribution is 0.231. The first kappa shape index (κ1) is 12.8. The number of aromatic nitrogens is 1. The second kappa shape index (κ2) is 5.82. The van der Waals surface area contributed by atoms with Gasteiger partial charge in [0.15, 0.2) is 0 Å². The molecule has 1 aromatic rings. The maximum absolute atomic E-state index is 7.50. The van der Waals surface area contributed by atoms with E-state index in [2.05, 4.69) is 9.88 Å². The number of amidine groups is 1. The summed E-state index contributed by atoms with van der Waals surface area (Å²) in [4.78, 5) is 6.68. The zero-order valence-corrected chi connectivity index (χ0v) is 10.8. The van der Waals surface area contributed by atoms with Crippen molar-refractivity contribution in [3.05, 3.63) is 23.4 Å². The summed E-state index contributed by atoms with van der Waals surface area (Å²) in [5.41, 5.74) is 6.95. The first-order valence-electron chi connectivity index (χ1n) is 6.34. The van der Waals surface area contributed by atoms with Crippen molar-refractivity contribution in [2.45, 2.75) is 19.8 Å². The van der Waals surface area contributed by atoms with Crippen LogP contribution in [-0.2, 0) is 0 Å². The quantitative estimate of drug-likeness (QED) is 0.605. The Morgan fingerprint density at radius 1 is 1.44 bits per heavy atom. The summed E-state index contributed by atoms with van der Waals surface area (Å²) in [6.07, 6.45) is 2.56. The van der Waals surface area contributed by atoms with E-state index in [-0.39, 0.29) is 5.84 Å². The van der Waals surface area contributed by atoms with Crippen molar-refractivity contribution in [2.24, 2.45) is 5.73 Å². The van der Waals surface area contributed by atoms with Gasteiger partial charge in [0.05, 0.1) is 5.56 Å². The highest BCUT2D eigenvalue weighted by atomic mass is 16.5. The van der Waals surface area contributed by atoms with Crippen LogP contribution in [-0.4, -0.2) is 42.0 Å². The van der Waals surface area contributed by atoms with E-state index in [0.29, 0.717) is 18.1 Å². The van der Waals surface area contributed by atoms with E-state index in [9.17, 15) is 0 Å². The Morgan fingerprint density at radius 2 is 2.17 bits per heavy atom. The molecule has 1 aromatic heterocycles. The van der Waals surface area contributed by atoms with Crippen LogP contribution in [0.25, 0.3) is 0 Å². The highest BCUT2D eigenvalue weighted by Gasteiger charge is 2.12. The fourth-order valence-corrected chi connectivity index (χ4v) is 2.13. The molecule has 0 aromatic carbocycles. The normalized spacial score (nSPS) is 15.8. The summed E-state index contributed by atoms with van der Waals surface area (Å²) < 4.78 is 5.67. The molecule has 1 fully saturated rings. The van der Waals surface area contributed by atoms with Gasteiger partial charge in [0.2, 0.25) is 5.88 Å². The molecule has 1 aliphatic rings. The van der Waals surface area contributed by atoms with Gasteiger partial charge in [-0.3, -0.25) is 10.3 Å². The van der Waals surface area contributed by atoms with Crippen molar-refractivity contribution in [3.63, 3.8) is 0 Å². The molecule has 98 valence electrons. The Balaban J connectivity index is 1.94. The number of rotatable bonds is 5. The topological polar surface area (TPSA) is 75.2 Å². The molecule has 1 saturated heterocycles. The van der Waals surface area contributed by atoms with Crippen LogP contribution in [0.4, 0.5) is 0 Å². The fourth-order valence-electron chi connectivity index (χ4n) is 2.13. The van der Waals surface area contributed by atoms with Gasteiger partial charge in [-0.2, -0.15) is 0 Å². The summed E-state index contributed by atoms with van der Waals surface area (Å²) in [7, 11) is 0. The van der Waals surface area contributed by atoms with E-state index < -0.39 is 0 Å². The molecule has 0 unspecified atom stereocenters. The molecule has 0 atom stereocenters. The highest BCUT2D eigenvalue weighted by Crippen LogP contribution is 2.15. The number of nitrogens with zero attached hydrogens (tertiary/aromatic N) is 2. The van der Waals surface area contributed by atoms with Crippen LogP contribution in [0.15, 0.2) is 12.1 Å². The molecule has 5 nitrogen and oxygen atoms in total. The highest BCUT2D eigenvalue weighted by molar-refractivity contribution is 5.97. The molecule has 0 aliphatic carbocycles. The maximum Gasteiger partial charge on any atom is 0.224 e. The zero-order chi connectivity index (χ0) is 13.0. The summed E-state index contributed by atoms with van der Waals surface area (Å²) in [5, 5.41) is 7.50. The maximum atomic E-state index is 7.50. The number of pyridine rings is 1. The molecule has 0 bridgehead atoms. The summed E-state index contributed by atoms with van der Waals surface area (Å²) in [6.45, 7) is 5.72. The van der Waals surface area contributed by atoms with Crippen molar-refractivity contribution >= 4 is 5.84 Å². The van der Waals surface area contributed by atoms with Crippen LogP contribution in [0.5, 0.6) is 5.88 Å². The molecule has 0 amide bonds. The van der Waals surface area contributed by atoms with Gasteiger partial charge in [-0.15, -0.1) is 0 Å². The molecule has 5 heteroatoms. The predicted octanol–water partition coefficient (Wildman–Crippen LogP) is 1.15. The second-order valence-electron chi connectivity index (χ2n) is 4.62. The summed E-state index contributed by atoms with van der Waals surface area (Å²) in [5.74, 6) is 0.473. The van der Waals surface area contributed by atoms with Crippen molar-refractivity contribution in [1.29, 1.82) is 5.41 Å². The molecule has 2 rings (SSSR count). The van der Waals surface area contributed by atoms with Gasteiger partial charge in [-0.05, 0) is 45.0 Å². The van der Waals surface area contributed by atoms with Crippen LogP contribution in [0.1, 0.15) is 24.1 Å². The third kappa shape index (κ3) is 3.20. The number of ether oxygens (including phenoxy) is 1. The molecular formula is C13H20N4O. The van der Waals surface area contributed by atoms with E-state index in [1.807, 2.05) is 13.0 Å².